The number of carbonyl (C=O) groups is 2. The molecule has 0 spiro atoms. The third kappa shape index (κ3) is 6.87. The summed E-state index contributed by atoms with van der Waals surface area (Å²) in [7, 11) is 0. The lowest BCUT2D eigenvalue weighted by Crippen LogP contribution is -2.50. The van der Waals surface area contributed by atoms with Gasteiger partial charge in [-0.15, -0.1) is 0 Å². The fraction of sp³-hybridized carbons (Fsp3) is 0.462. The van der Waals surface area contributed by atoms with E-state index in [-0.39, 0.29) is 17.9 Å². The summed E-state index contributed by atoms with van der Waals surface area (Å²) < 4.78 is 11.2. The number of amides is 2. The monoisotopic (exact) mass is 472 g/mol. The molecule has 0 unspecified atom stereocenters. The van der Waals surface area contributed by atoms with Gasteiger partial charge in [0.15, 0.2) is 11.5 Å². The summed E-state index contributed by atoms with van der Waals surface area (Å²) in [5, 5.41) is 3.67. The first kappa shape index (κ1) is 24.9. The van der Waals surface area contributed by atoms with Crippen LogP contribution in [-0.2, 0) is 22.6 Å². The molecule has 1 heterocycles. The third-order valence-electron chi connectivity index (χ3n) is 5.89. The number of hydrogen-bond donors (Lipinski definition) is 1. The van der Waals surface area contributed by atoms with Gasteiger partial charge in [0.05, 0.1) is 0 Å². The molecule has 0 aromatic heterocycles. The maximum Gasteiger partial charge on any atom is 0.243 e. The second-order valence-corrected chi connectivity index (χ2v) is 8.80. The first-order valence-corrected chi connectivity index (χ1v) is 12.0. The molecular weight excluding hydrogens is 440 g/mol. The Hall–Kier alpha value is -2.73. The SMILES string of the molecule is CC[C@@H](C)NC(=O)[C@H](CC)N(Cc1ccc(Cl)cc1)C(=O)CCc1ccc2c(c1)OCCO2. The largest absolute Gasteiger partial charge is 0.486 e. The zero-order valence-corrected chi connectivity index (χ0v) is 20.4. The van der Waals surface area contributed by atoms with Crippen molar-refractivity contribution in [1.29, 1.82) is 0 Å². The lowest BCUT2D eigenvalue weighted by molar-refractivity contribution is -0.141. The van der Waals surface area contributed by atoms with Crippen molar-refractivity contribution < 1.29 is 19.1 Å². The quantitative estimate of drug-likeness (QED) is 0.541. The fourth-order valence-corrected chi connectivity index (χ4v) is 3.91. The molecule has 1 N–H and O–H groups in total. The maximum atomic E-state index is 13.4. The zero-order chi connectivity index (χ0) is 23.8. The molecule has 1 aliphatic rings. The van der Waals surface area contributed by atoms with Crippen molar-refractivity contribution in [3.05, 3.63) is 58.6 Å². The van der Waals surface area contributed by atoms with E-state index >= 15 is 0 Å². The third-order valence-corrected chi connectivity index (χ3v) is 6.14. The van der Waals surface area contributed by atoms with Crippen molar-refractivity contribution in [3.8, 4) is 11.5 Å². The second-order valence-electron chi connectivity index (χ2n) is 8.37. The van der Waals surface area contributed by atoms with Gasteiger partial charge in [-0.1, -0.05) is 43.6 Å². The zero-order valence-electron chi connectivity index (χ0n) is 19.6. The summed E-state index contributed by atoms with van der Waals surface area (Å²) in [5.74, 6) is 1.26. The summed E-state index contributed by atoms with van der Waals surface area (Å²) in [5.41, 5.74) is 1.93. The van der Waals surface area contributed by atoms with Crippen LogP contribution in [0, 0.1) is 0 Å². The number of hydrogen-bond acceptors (Lipinski definition) is 4. The fourth-order valence-electron chi connectivity index (χ4n) is 3.79. The normalized spacial score (nSPS) is 14.3. The van der Waals surface area contributed by atoms with Gasteiger partial charge >= 0.3 is 0 Å². The van der Waals surface area contributed by atoms with Crippen LogP contribution in [0.25, 0.3) is 0 Å². The molecule has 0 fully saturated rings. The van der Waals surface area contributed by atoms with Crippen LogP contribution < -0.4 is 14.8 Å². The summed E-state index contributed by atoms with van der Waals surface area (Å²) in [6, 6.07) is 12.7. The number of benzene rings is 2. The molecule has 0 saturated heterocycles. The first-order valence-electron chi connectivity index (χ1n) is 11.6. The van der Waals surface area contributed by atoms with Crippen LogP contribution in [0.15, 0.2) is 42.5 Å². The maximum absolute atomic E-state index is 13.4. The van der Waals surface area contributed by atoms with Gasteiger partial charge in [0.2, 0.25) is 11.8 Å². The average molecular weight is 473 g/mol. The van der Waals surface area contributed by atoms with Gasteiger partial charge in [0.1, 0.15) is 19.3 Å². The van der Waals surface area contributed by atoms with Crippen LogP contribution in [0.4, 0.5) is 0 Å². The van der Waals surface area contributed by atoms with E-state index in [2.05, 4.69) is 5.32 Å². The van der Waals surface area contributed by atoms with E-state index in [9.17, 15) is 9.59 Å². The summed E-state index contributed by atoms with van der Waals surface area (Å²) in [6.07, 6.45) is 2.21. The number of nitrogens with one attached hydrogen (secondary N) is 1. The average Bonchev–Trinajstić information content (AvgIpc) is 2.83. The Morgan fingerprint density at radius 3 is 2.33 bits per heavy atom. The molecule has 2 aromatic carbocycles. The number of nitrogens with zero attached hydrogens (tertiary/aromatic N) is 1. The molecule has 2 atom stereocenters. The molecule has 2 amide bonds. The Bertz CT molecular complexity index is 948. The number of fused-ring (bicyclic) bond motifs is 1. The number of ether oxygens (including phenoxy) is 2. The minimum absolute atomic E-state index is 0.0525. The molecule has 178 valence electrons. The topological polar surface area (TPSA) is 67.9 Å². The predicted molar refractivity (Wildman–Crippen MR) is 130 cm³/mol. The summed E-state index contributed by atoms with van der Waals surface area (Å²) >= 11 is 6.03. The highest BCUT2D eigenvalue weighted by molar-refractivity contribution is 6.30. The molecule has 7 heteroatoms. The van der Waals surface area contributed by atoms with Gasteiger partial charge in [-0.3, -0.25) is 9.59 Å². The van der Waals surface area contributed by atoms with Crippen molar-refractivity contribution in [2.45, 2.75) is 65.1 Å². The van der Waals surface area contributed by atoms with Gasteiger partial charge in [-0.2, -0.15) is 0 Å². The highest BCUT2D eigenvalue weighted by Crippen LogP contribution is 2.31. The second kappa shape index (κ2) is 11.9. The van der Waals surface area contributed by atoms with Crippen molar-refractivity contribution in [1.82, 2.24) is 10.2 Å². The minimum Gasteiger partial charge on any atom is -0.486 e. The molecule has 2 aromatic rings. The Morgan fingerprint density at radius 1 is 1.00 bits per heavy atom. The molecule has 0 radical (unpaired) electrons. The lowest BCUT2D eigenvalue weighted by Gasteiger charge is -2.31. The van der Waals surface area contributed by atoms with Gasteiger partial charge in [-0.05, 0) is 61.6 Å². The Balaban J connectivity index is 1.75. The van der Waals surface area contributed by atoms with Crippen LogP contribution in [0.2, 0.25) is 5.02 Å². The number of halogens is 1. The van der Waals surface area contributed by atoms with Crippen LogP contribution in [0.1, 0.15) is 51.2 Å². The van der Waals surface area contributed by atoms with Gasteiger partial charge in [-0.25, -0.2) is 0 Å². The van der Waals surface area contributed by atoms with Crippen LogP contribution >= 0.6 is 11.6 Å². The van der Waals surface area contributed by atoms with E-state index in [0.717, 1.165) is 23.3 Å². The molecule has 6 nitrogen and oxygen atoms in total. The first-order chi connectivity index (χ1) is 15.9. The predicted octanol–water partition coefficient (Wildman–Crippen LogP) is 4.77. The Kier molecular flexibility index (Phi) is 9.01. The van der Waals surface area contributed by atoms with E-state index in [1.54, 1.807) is 17.0 Å². The van der Waals surface area contributed by atoms with E-state index in [1.807, 2.05) is 51.1 Å². The standard InChI is InChI=1S/C26H33ClN2O4/c1-4-18(3)28-26(31)22(5-2)29(17-20-6-10-21(27)11-7-20)25(30)13-9-19-8-12-23-24(16-19)33-15-14-32-23/h6-8,10-12,16,18,22H,4-5,9,13-15,17H2,1-3H3,(H,28,31)/t18-,22+/m1/s1. The Labute approximate surface area is 201 Å². The summed E-state index contributed by atoms with van der Waals surface area (Å²) in [6.45, 7) is 7.34. The molecular formula is C26H33ClN2O4. The number of aryl methyl sites for hydroxylation is 1. The minimum atomic E-state index is -0.539. The van der Waals surface area contributed by atoms with Crippen molar-refractivity contribution in [2.75, 3.05) is 13.2 Å². The highest BCUT2D eigenvalue weighted by Gasteiger charge is 2.29. The smallest absolute Gasteiger partial charge is 0.243 e. The summed E-state index contributed by atoms with van der Waals surface area (Å²) in [4.78, 5) is 28.1. The molecule has 0 saturated carbocycles. The van der Waals surface area contributed by atoms with Gasteiger partial charge < -0.3 is 19.7 Å². The van der Waals surface area contributed by atoms with Crippen LogP contribution in [0.5, 0.6) is 11.5 Å². The van der Waals surface area contributed by atoms with E-state index in [4.69, 9.17) is 21.1 Å². The molecule has 33 heavy (non-hydrogen) atoms. The van der Waals surface area contributed by atoms with Crippen molar-refractivity contribution in [3.63, 3.8) is 0 Å². The lowest BCUT2D eigenvalue weighted by atomic mass is 10.0. The van der Waals surface area contributed by atoms with E-state index in [1.165, 1.54) is 0 Å². The van der Waals surface area contributed by atoms with Crippen LogP contribution in [-0.4, -0.2) is 42.0 Å². The van der Waals surface area contributed by atoms with Crippen LogP contribution in [0.3, 0.4) is 0 Å². The molecule has 3 rings (SSSR count). The number of carbonyl (C=O) groups excluding carboxylic acids is 2. The van der Waals surface area contributed by atoms with Gasteiger partial charge in [0.25, 0.3) is 0 Å². The molecule has 0 aliphatic carbocycles. The molecule has 0 bridgehead atoms. The molecule has 1 aliphatic heterocycles. The van der Waals surface area contributed by atoms with Crippen molar-refractivity contribution in [2.24, 2.45) is 0 Å². The highest BCUT2D eigenvalue weighted by atomic mass is 35.5. The van der Waals surface area contributed by atoms with Crippen molar-refractivity contribution >= 4 is 23.4 Å². The van der Waals surface area contributed by atoms with E-state index < -0.39 is 6.04 Å². The number of rotatable bonds is 10. The van der Waals surface area contributed by atoms with Gasteiger partial charge in [0, 0.05) is 24.0 Å². The van der Waals surface area contributed by atoms with E-state index in [0.29, 0.717) is 49.8 Å². The Morgan fingerprint density at radius 2 is 1.67 bits per heavy atom.